The Morgan fingerprint density at radius 2 is 1.86 bits per heavy atom. The Labute approximate surface area is 130 Å². The monoisotopic (exact) mass is 319 g/mol. The van der Waals surface area contributed by atoms with Crippen LogP contribution in [0.25, 0.3) is 0 Å². The summed E-state index contributed by atoms with van der Waals surface area (Å²) in [4.78, 5) is 11.6. The number of hydrogen-bond acceptors (Lipinski definition) is 5. The third kappa shape index (κ3) is 3.52. The van der Waals surface area contributed by atoms with Gasteiger partial charge in [-0.25, -0.2) is 0 Å². The second-order valence-electron chi connectivity index (χ2n) is 4.81. The molecule has 1 atom stereocenters. The Morgan fingerprint density at radius 3 is 2.41 bits per heavy atom. The summed E-state index contributed by atoms with van der Waals surface area (Å²) in [5.74, 6) is 0.175. The maximum Gasteiger partial charge on any atom is 0.163 e. The number of Topliss-reactive ketones (excluding diaryl/α,β-unsaturated/α-hetero) is 1. The van der Waals surface area contributed by atoms with Gasteiger partial charge in [-0.3, -0.25) is 9.00 Å². The molecule has 116 valence electrons. The average Bonchev–Trinajstić information content (AvgIpc) is 2.48. The van der Waals surface area contributed by atoms with Gasteiger partial charge in [0.2, 0.25) is 0 Å². The van der Waals surface area contributed by atoms with Crippen molar-refractivity contribution < 1.29 is 23.4 Å². The first kappa shape index (κ1) is 16.2. The molecule has 0 radical (unpaired) electrons. The second kappa shape index (κ2) is 6.72. The van der Waals surface area contributed by atoms with Gasteiger partial charge >= 0.3 is 0 Å². The topological polar surface area (TPSA) is 86.7 Å². The molecule has 2 aromatic carbocycles. The van der Waals surface area contributed by atoms with Crippen molar-refractivity contribution in [2.75, 3.05) is 0 Å². The zero-order valence-corrected chi connectivity index (χ0v) is 13.0. The number of ketones is 1. The minimum atomic E-state index is -2.25. The van der Waals surface area contributed by atoms with Crippen molar-refractivity contribution in [3.05, 3.63) is 53.1 Å². The highest BCUT2D eigenvalue weighted by Gasteiger charge is 2.13. The lowest BCUT2D eigenvalue weighted by Crippen LogP contribution is -2.00. The first-order valence-electron chi connectivity index (χ1n) is 6.54. The van der Waals surface area contributed by atoms with Crippen molar-refractivity contribution in [3.8, 4) is 11.5 Å². The SMILES string of the molecule is CC(=O)c1ccc(OCc2ccc(S(=O)[O-])cc2)c(C)c1O. The van der Waals surface area contributed by atoms with Crippen molar-refractivity contribution in [1.82, 2.24) is 0 Å². The van der Waals surface area contributed by atoms with Crippen LogP contribution in [-0.4, -0.2) is 19.7 Å². The fraction of sp³-hybridized carbons (Fsp3) is 0.188. The number of rotatable bonds is 5. The molecule has 0 saturated heterocycles. The van der Waals surface area contributed by atoms with E-state index in [2.05, 4.69) is 0 Å². The number of carbonyl (C=O) groups is 1. The van der Waals surface area contributed by atoms with Crippen molar-refractivity contribution in [3.63, 3.8) is 0 Å². The maximum absolute atomic E-state index is 11.3. The summed E-state index contributed by atoms with van der Waals surface area (Å²) in [6.07, 6.45) is 0. The van der Waals surface area contributed by atoms with E-state index in [1.165, 1.54) is 25.1 Å². The molecule has 0 saturated carbocycles. The first-order chi connectivity index (χ1) is 10.4. The molecular formula is C16H15O5S-. The van der Waals surface area contributed by atoms with E-state index in [0.29, 0.717) is 11.3 Å². The molecule has 0 aliphatic carbocycles. The van der Waals surface area contributed by atoms with Crippen LogP contribution in [0.3, 0.4) is 0 Å². The van der Waals surface area contributed by atoms with Gasteiger partial charge in [-0.2, -0.15) is 0 Å². The largest absolute Gasteiger partial charge is 0.768 e. The molecule has 0 bridgehead atoms. The fourth-order valence-electron chi connectivity index (χ4n) is 1.98. The van der Waals surface area contributed by atoms with Crippen LogP contribution in [0, 0.1) is 6.92 Å². The lowest BCUT2D eigenvalue weighted by atomic mass is 10.1. The van der Waals surface area contributed by atoms with Gasteiger partial charge in [0.05, 0.1) is 5.56 Å². The highest BCUT2D eigenvalue weighted by molar-refractivity contribution is 7.79. The van der Waals surface area contributed by atoms with E-state index < -0.39 is 11.1 Å². The molecular weight excluding hydrogens is 304 g/mol. The highest BCUT2D eigenvalue weighted by atomic mass is 32.2. The molecule has 0 heterocycles. The van der Waals surface area contributed by atoms with E-state index in [4.69, 9.17) is 4.74 Å². The van der Waals surface area contributed by atoms with Gasteiger partial charge in [0.15, 0.2) is 5.78 Å². The van der Waals surface area contributed by atoms with Crippen LogP contribution < -0.4 is 4.74 Å². The van der Waals surface area contributed by atoms with E-state index >= 15 is 0 Å². The van der Waals surface area contributed by atoms with Crippen LogP contribution in [0.1, 0.15) is 28.4 Å². The summed E-state index contributed by atoms with van der Waals surface area (Å²) >= 11 is -2.25. The summed E-state index contributed by atoms with van der Waals surface area (Å²) in [7, 11) is 0. The molecule has 0 aromatic heterocycles. The number of ether oxygens (including phenoxy) is 1. The van der Waals surface area contributed by atoms with Gasteiger partial charge < -0.3 is 14.4 Å². The Morgan fingerprint density at radius 1 is 1.23 bits per heavy atom. The lowest BCUT2D eigenvalue weighted by molar-refractivity contribution is 0.101. The zero-order chi connectivity index (χ0) is 16.3. The van der Waals surface area contributed by atoms with E-state index in [-0.39, 0.29) is 28.6 Å². The molecule has 0 fully saturated rings. The summed E-state index contributed by atoms with van der Waals surface area (Å²) in [5, 5.41) is 9.97. The van der Waals surface area contributed by atoms with Gasteiger partial charge in [-0.05, 0) is 54.8 Å². The molecule has 2 rings (SSSR count). The van der Waals surface area contributed by atoms with Gasteiger partial charge in [0, 0.05) is 10.5 Å². The third-order valence-corrected chi connectivity index (χ3v) is 3.93. The van der Waals surface area contributed by atoms with Crippen molar-refractivity contribution in [2.24, 2.45) is 0 Å². The van der Waals surface area contributed by atoms with Crippen LogP contribution >= 0.6 is 0 Å². The Balaban J connectivity index is 2.13. The van der Waals surface area contributed by atoms with Gasteiger partial charge in [-0.15, -0.1) is 0 Å². The number of carbonyl (C=O) groups excluding carboxylic acids is 1. The van der Waals surface area contributed by atoms with Gasteiger partial charge in [0.1, 0.15) is 18.1 Å². The summed E-state index contributed by atoms with van der Waals surface area (Å²) in [5.41, 5.74) is 1.54. The molecule has 2 aromatic rings. The number of phenolic OH excluding ortho intramolecular Hbond substituents is 1. The molecule has 5 nitrogen and oxygen atoms in total. The molecule has 0 aliphatic rings. The summed E-state index contributed by atoms with van der Waals surface area (Å²) in [6.45, 7) is 3.28. The number of hydrogen-bond donors (Lipinski definition) is 1. The van der Waals surface area contributed by atoms with Crippen molar-refractivity contribution >= 4 is 16.9 Å². The lowest BCUT2D eigenvalue weighted by Gasteiger charge is -2.12. The zero-order valence-electron chi connectivity index (χ0n) is 12.2. The molecule has 0 amide bonds. The van der Waals surface area contributed by atoms with Crippen LogP contribution in [0.5, 0.6) is 11.5 Å². The third-order valence-electron chi connectivity index (χ3n) is 3.27. The number of phenols is 1. The molecule has 0 spiro atoms. The van der Waals surface area contributed by atoms with Crippen LogP contribution in [0.4, 0.5) is 0 Å². The van der Waals surface area contributed by atoms with E-state index in [1.54, 1.807) is 25.1 Å². The van der Waals surface area contributed by atoms with Crippen LogP contribution in [0.15, 0.2) is 41.3 Å². The van der Waals surface area contributed by atoms with Crippen LogP contribution in [-0.2, 0) is 17.7 Å². The summed E-state index contributed by atoms with van der Waals surface area (Å²) < 4.78 is 27.2. The van der Waals surface area contributed by atoms with E-state index in [1.807, 2.05) is 0 Å². The predicted octanol–water partition coefficient (Wildman–Crippen LogP) is 2.72. The summed E-state index contributed by atoms with van der Waals surface area (Å²) in [6, 6.07) is 9.45. The quantitative estimate of drug-likeness (QED) is 0.676. The first-order valence-corrected chi connectivity index (χ1v) is 7.62. The van der Waals surface area contributed by atoms with Gasteiger partial charge in [-0.1, -0.05) is 12.1 Å². The smallest absolute Gasteiger partial charge is 0.163 e. The minimum absolute atomic E-state index is 0.0814. The van der Waals surface area contributed by atoms with Crippen LogP contribution in [0.2, 0.25) is 0 Å². The standard InChI is InChI=1S/C16H16O5S/c1-10-15(8-7-14(11(2)17)16(10)18)21-9-12-3-5-13(6-4-12)22(19)20/h3-8,18H,9H2,1-2H3,(H,19,20)/p-1. The Hall–Kier alpha value is -2.18. The minimum Gasteiger partial charge on any atom is -0.768 e. The van der Waals surface area contributed by atoms with Crippen molar-refractivity contribution in [2.45, 2.75) is 25.3 Å². The highest BCUT2D eigenvalue weighted by Crippen LogP contribution is 2.31. The molecule has 1 unspecified atom stereocenters. The molecule has 0 aliphatic heterocycles. The normalized spacial score (nSPS) is 12.0. The second-order valence-corrected chi connectivity index (χ2v) is 5.75. The Kier molecular flexibility index (Phi) is 4.95. The average molecular weight is 319 g/mol. The molecule has 1 N–H and O–H groups in total. The molecule has 22 heavy (non-hydrogen) atoms. The van der Waals surface area contributed by atoms with Crippen molar-refractivity contribution in [1.29, 1.82) is 0 Å². The maximum atomic E-state index is 11.3. The van der Waals surface area contributed by atoms with Gasteiger partial charge in [0.25, 0.3) is 0 Å². The predicted molar refractivity (Wildman–Crippen MR) is 80.8 cm³/mol. The fourth-order valence-corrected chi connectivity index (χ4v) is 2.34. The van der Waals surface area contributed by atoms with E-state index in [0.717, 1.165) is 5.56 Å². The number of benzene rings is 2. The Bertz CT molecular complexity index is 722. The van der Waals surface area contributed by atoms with E-state index in [9.17, 15) is 18.7 Å². The molecule has 6 heteroatoms. The number of aromatic hydroxyl groups is 1.